The summed E-state index contributed by atoms with van der Waals surface area (Å²) in [6.45, 7) is 12.7. The van der Waals surface area contributed by atoms with Gasteiger partial charge in [-0.3, -0.25) is 0 Å². The Bertz CT molecular complexity index is 5610. The van der Waals surface area contributed by atoms with E-state index in [0.717, 1.165) is 80.4 Å². The van der Waals surface area contributed by atoms with Crippen LogP contribution in [0.4, 0.5) is 28.4 Å². The van der Waals surface area contributed by atoms with E-state index in [1.54, 1.807) is 0 Å². The van der Waals surface area contributed by atoms with Gasteiger partial charge in [-0.1, -0.05) is 309 Å². The van der Waals surface area contributed by atoms with E-state index in [0.29, 0.717) is 0 Å². The quantitative estimate of drug-likeness (QED) is 0.0896. The van der Waals surface area contributed by atoms with Crippen LogP contribution in [0.25, 0.3) is 61.4 Å². The number of aryl methyl sites for hydroxylation is 2. The predicted octanol–water partition coefficient (Wildman–Crippen LogP) is 26.7. The van der Waals surface area contributed by atoms with Crippen molar-refractivity contribution in [1.82, 2.24) is 0 Å². The molecule has 18 rings (SSSR count). The minimum Gasteiger partial charge on any atom is -0.334 e. The van der Waals surface area contributed by atoms with Gasteiger partial charge in [-0.15, -0.1) is 0 Å². The second kappa shape index (κ2) is 26.8. The average Bonchev–Trinajstić information content (AvgIpc) is 1.54. The van der Waals surface area contributed by atoms with Crippen LogP contribution in [0.1, 0.15) is 118 Å². The maximum atomic E-state index is 4.16. The minimum absolute atomic E-state index is 0.0289. The fourth-order valence-electron chi connectivity index (χ4n) is 18.4. The monoisotopic (exact) mass is 1340 g/mol. The van der Waals surface area contributed by atoms with Crippen molar-refractivity contribution in [2.45, 2.75) is 88.5 Å². The molecule has 12 aromatic carbocycles. The Balaban J connectivity index is 0.786. The molecule has 104 heavy (non-hydrogen) atoms. The molecule has 2 heteroatoms. The molecule has 0 N–H and O–H groups in total. The minimum atomic E-state index is -0.470. The zero-order valence-corrected chi connectivity index (χ0v) is 59.5. The summed E-state index contributed by atoms with van der Waals surface area (Å²) in [5.41, 5.74) is 36.2. The Hall–Kier alpha value is -11.8. The van der Waals surface area contributed by atoms with Crippen LogP contribution in [0.2, 0.25) is 0 Å². The van der Waals surface area contributed by atoms with Crippen LogP contribution in [0.5, 0.6) is 0 Å². The van der Waals surface area contributed by atoms with E-state index in [2.05, 4.69) is 358 Å². The first-order valence-electron chi connectivity index (χ1n) is 37.4. The molecule has 0 saturated carbocycles. The number of anilines is 5. The standard InChI is InChI=1S/C102H84N2/c1-5-71-37-41-73(42-38-71)67-101(79-49-33-69(3)34-50-79)95-31-19-17-27-89(95)91-59-57-83(65-97(91)101)103(81-53-45-77(46-54-81)75-21-9-7-10-22-75)99-63-61-87(85-25-13-15-29-93(85)99)88-62-64-100(94-30-16-14-26-86(88)94)104(82-55-47-78(48-56-82)76-23-11-8-12-24-76)84-58-60-92-90-28-18-20-32-96(90)102(98(92)66-84,80-51-35-70(4)36-52-80)68-74-43-39-72(6-2)40-44-74/h5-11,13-14,16-23,25-28,30-39,41-43,45-62,64-66,99H,1-2,12,15,24,29,40,44,63,67-68H2,3-4H3. The van der Waals surface area contributed by atoms with Gasteiger partial charge in [0.2, 0.25) is 0 Å². The first kappa shape index (κ1) is 64.3. The first-order valence-corrected chi connectivity index (χ1v) is 37.4. The highest BCUT2D eigenvalue weighted by Crippen LogP contribution is 2.60. The molecule has 0 radical (unpaired) electrons. The third-order valence-electron chi connectivity index (χ3n) is 23.6. The third-order valence-corrected chi connectivity index (χ3v) is 23.6. The number of hydrogen-bond acceptors (Lipinski definition) is 2. The summed E-state index contributed by atoms with van der Waals surface area (Å²) in [7, 11) is 0. The van der Waals surface area contributed by atoms with E-state index in [9.17, 15) is 0 Å². The van der Waals surface area contributed by atoms with E-state index in [4.69, 9.17) is 0 Å². The Morgan fingerprint density at radius 1 is 0.433 bits per heavy atom. The molecule has 3 unspecified atom stereocenters. The van der Waals surface area contributed by atoms with Gasteiger partial charge in [0.1, 0.15) is 0 Å². The molecule has 6 aliphatic carbocycles. The molecular formula is C102H84N2. The Morgan fingerprint density at radius 2 is 1.01 bits per heavy atom. The molecule has 0 bridgehead atoms. The highest BCUT2D eigenvalue weighted by Gasteiger charge is 2.47. The fraction of sp³-hybridized carbons (Fsp3) is 0.137. The van der Waals surface area contributed by atoms with Gasteiger partial charge >= 0.3 is 0 Å². The molecule has 502 valence electrons. The second-order valence-corrected chi connectivity index (χ2v) is 29.4. The first-order chi connectivity index (χ1) is 51.2. The second-order valence-electron chi connectivity index (χ2n) is 29.4. The van der Waals surface area contributed by atoms with E-state index in [1.165, 1.54) is 150 Å². The maximum absolute atomic E-state index is 4.16. The molecule has 0 aromatic heterocycles. The van der Waals surface area contributed by atoms with Crippen LogP contribution in [0.15, 0.2) is 363 Å². The molecule has 0 saturated heterocycles. The number of rotatable bonds is 17. The molecule has 6 aliphatic rings. The van der Waals surface area contributed by atoms with Crippen molar-refractivity contribution in [3.63, 3.8) is 0 Å². The van der Waals surface area contributed by atoms with Crippen LogP contribution in [-0.4, -0.2) is 6.04 Å². The summed E-state index contributed by atoms with van der Waals surface area (Å²) < 4.78 is 0. The Labute approximate surface area is 614 Å². The van der Waals surface area contributed by atoms with Gasteiger partial charge in [0.05, 0.1) is 22.6 Å². The normalized spacial score (nSPS) is 18.3. The molecule has 0 amide bonds. The molecular weight excluding hydrogens is 1250 g/mol. The van der Waals surface area contributed by atoms with Crippen LogP contribution in [0, 0.1) is 13.8 Å². The van der Waals surface area contributed by atoms with Gasteiger partial charge < -0.3 is 9.80 Å². The average molecular weight is 1340 g/mol. The zero-order chi connectivity index (χ0) is 69.9. The Morgan fingerprint density at radius 3 is 1.66 bits per heavy atom. The summed E-state index contributed by atoms with van der Waals surface area (Å²) in [6, 6.07) is 105. The summed E-state index contributed by atoms with van der Waals surface area (Å²) in [5.74, 6) is 0. The lowest BCUT2D eigenvalue weighted by Crippen LogP contribution is -2.36. The topological polar surface area (TPSA) is 6.48 Å². The van der Waals surface area contributed by atoms with E-state index >= 15 is 0 Å². The van der Waals surface area contributed by atoms with Gasteiger partial charge in [0, 0.05) is 28.1 Å². The summed E-state index contributed by atoms with van der Waals surface area (Å²) in [4.78, 5) is 5.26. The van der Waals surface area contributed by atoms with Crippen molar-refractivity contribution < 1.29 is 0 Å². The van der Waals surface area contributed by atoms with E-state index < -0.39 is 10.8 Å². The van der Waals surface area contributed by atoms with E-state index in [1.807, 2.05) is 12.2 Å². The van der Waals surface area contributed by atoms with Crippen molar-refractivity contribution in [1.29, 1.82) is 0 Å². The number of benzene rings is 12. The SMILES string of the molecule is C=CC1=CC=C(CC2(c3ccc(C)cc3)c3ccccc3-c3ccc(N(c4ccc(C5=CC=CCC5)cc4)c4ccc(C5=CCC(N(c6ccc(-c7ccccc7)cc6)c6ccc7c(c6)C(Cc6ccc(C=C)cc6)(c6ccc(C)cc6)c6ccccc6-7)C6=C5C=CCC6)c5ccccc45)cc32)CC1. The van der Waals surface area contributed by atoms with Crippen molar-refractivity contribution >= 4 is 56.4 Å². The van der Waals surface area contributed by atoms with Gasteiger partial charge in [0.25, 0.3) is 0 Å². The van der Waals surface area contributed by atoms with Crippen LogP contribution in [-0.2, 0) is 17.3 Å². The number of nitrogens with zero attached hydrogens (tertiary/aromatic N) is 2. The molecule has 0 heterocycles. The molecule has 12 aromatic rings. The van der Waals surface area contributed by atoms with Crippen LogP contribution >= 0.6 is 0 Å². The highest BCUT2D eigenvalue weighted by molar-refractivity contribution is 6.07. The summed E-state index contributed by atoms with van der Waals surface area (Å²) in [5, 5.41) is 2.44. The lowest BCUT2D eigenvalue weighted by Gasteiger charge is -2.40. The van der Waals surface area contributed by atoms with Crippen molar-refractivity contribution in [2.75, 3.05) is 9.80 Å². The lowest BCUT2D eigenvalue weighted by molar-refractivity contribution is 0.607. The summed E-state index contributed by atoms with van der Waals surface area (Å²) in [6.07, 6.45) is 31.5. The molecule has 0 spiro atoms. The number of hydrogen-bond donors (Lipinski definition) is 0. The van der Waals surface area contributed by atoms with Crippen molar-refractivity contribution in [3.8, 4) is 33.4 Å². The Kier molecular flexibility index (Phi) is 16.6. The zero-order valence-electron chi connectivity index (χ0n) is 59.5. The van der Waals surface area contributed by atoms with Gasteiger partial charge in [-0.05, 0) is 248 Å². The number of allylic oxidation sites excluding steroid dienone is 13. The maximum Gasteiger partial charge on any atom is 0.0595 e. The van der Waals surface area contributed by atoms with Crippen LogP contribution < -0.4 is 9.80 Å². The molecule has 2 nitrogen and oxygen atoms in total. The van der Waals surface area contributed by atoms with E-state index in [-0.39, 0.29) is 6.04 Å². The van der Waals surface area contributed by atoms with Crippen molar-refractivity contribution in [3.05, 3.63) is 430 Å². The van der Waals surface area contributed by atoms with Gasteiger partial charge in [-0.25, -0.2) is 0 Å². The molecule has 3 atom stereocenters. The molecule has 0 fully saturated rings. The number of fused-ring (bicyclic) bond motifs is 7. The highest BCUT2D eigenvalue weighted by atomic mass is 15.2. The third kappa shape index (κ3) is 11.1. The molecule has 0 aliphatic heterocycles. The van der Waals surface area contributed by atoms with Crippen molar-refractivity contribution in [2.24, 2.45) is 0 Å². The van der Waals surface area contributed by atoms with Gasteiger partial charge in [-0.2, -0.15) is 0 Å². The van der Waals surface area contributed by atoms with Gasteiger partial charge in [0.15, 0.2) is 0 Å². The summed E-state index contributed by atoms with van der Waals surface area (Å²) >= 11 is 0. The van der Waals surface area contributed by atoms with Crippen LogP contribution in [0.3, 0.4) is 0 Å². The largest absolute Gasteiger partial charge is 0.334 e. The predicted molar refractivity (Wildman–Crippen MR) is 441 cm³/mol. The lowest BCUT2D eigenvalue weighted by atomic mass is 9.67. The smallest absolute Gasteiger partial charge is 0.0595 e. The fourth-order valence-corrected chi connectivity index (χ4v) is 18.4.